The molecule has 1 aliphatic rings. The van der Waals surface area contributed by atoms with Crippen molar-refractivity contribution in [2.75, 3.05) is 13.1 Å². The topological polar surface area (TPSA) is 21.3 Å². The fraction of sp³-hybridized carbons (Fsp3) is 0.600. The van der Waals surface area contributed by atoms with Crippen LogP contribution in [-0.2, 0) is 0 Å². The average molecular weight is 251 g/mol. The summed E-state index contributed by atoms with van der Waals surface area (Å²) in [6.07, 6.45) is 2.44. The maximum absolute atomic E-state index is 12.9. The third-order valence-electron chi connectivity index (χ3n) is 3.43. The highest BCUT2D eigenvalue weighted by Gasteiger charge is 2.27. The molecular weight excluding hydrogens is 229 g/mol. The number of benzene rings is 1. The van der Waals surface area contributed by atoms with Gasteiger partial charge in [0.25, 0.3) is 0 Å². The summed E-state index contributed by atoms with van der Waals surface area (Å²) in [6, 6.07) is 6.33. The van der Waals surface area contributed by atoms with Crippen molar-refractivity contribution in [1.29, 1.82) is 0 Å². The molecular formula is C15H22FNO. The summed E-state index contributed by atoms with van der Waals surface area (Å²) in [5.41, 5.74) is 0. The lowest BCUT2D eigenvalue weighted by Gasteiger charge is -2.26. The Morgan fingerprint density at radius 1 is 1.33 bits per heavy atom. The molecule has 0 radical (unpaired) electrons. The highest BCUT2D eigenvalue weighted by molar-refractivity contribution is 5.22. The summed E-state index contributed by atoms with van der Waals surface area (Å²) in [7, 11) is 0. The summed E-state index contributed by atoms with van der Waals surface area (Å²) in [5, 5.41) is 3.38. The highest BCUT2D eigenvalue weighted by atomic mass is 19.1. The van der Waals surface area contributed by atoms with Crippen molar-refractivity contribution in [3.63, 3.8) is 0 Å². The second kappa shape index (κ2) is 6.19. The number of nitrogens with one attached hydrogen (secondary N) is 1. The maximum Gasteiger partial charge on any atom is 0.123 e. The van der Waals surface area contributed by atoms with E-state index < -0.39 is 0 Å². The van der Waals surface area contributed by atoms with Crippen LogP contribution in [0.5, 0.6) is 5.75 Å². The monoisotopic (exact) mass is 251 g/mol. The molecule has 1 heterocycles. The molecule has 3 heteroatoms. The minimum Gasteiger partial charge on any atom is -0.490 e. The van der Waals surface area contributed by atoms with Gasteiger partial charge in [-0.25, -0.2) is 4.39 Å². The Balaban J connectivity index is 2.01. The first-order chi connectivity index (χ1) is 8.65. The number of rotatable bonds is 5. The van der Waals surface area contributed by atoms with Crippen molar-refractivity contribution >= 4 is 0 Å². The molecule has 1 aromatic carbocycles. The van der Waals surface area contributed by atoms with Crippen molar-refractivity contribution in [3.05, 3.63) is 30.1 Å². The van der Waals surface area contributed by atoms with Crippen LogP contribution in [0.4, 0.5) is 4.39 Å². The fourth-order valence-corrected chi connectivity index (χ4v) is 2.48. The SMILES string of the molecule is CC(C)CC(Oc1ccc(F)cc1)C1CCNC1. The van der Waals surface area contributed by atoms with E-state index in [4.69, 9.17) is 4.74 Å². The molecule has 0 amide bonds. The molecule has 18 heavy (non-hydrogen) atoms. The van der Waals surface area contributed by atoms with Crippen molar-refractivity contribution in [2.24, 2.45) is 11.8 Å². The first-order valence-corrected chi connectivity index (χ1v) is 6.78. The molecule has 2 rings (SSSR count). The van der Waals surface area contributed by atoms with Gasteiger partial charge in [-0.2, -0.15) is 0 Å². The molecule has 1 fully saturated rings. The average Bonchev–Trinajstić information content (AvgIpc) is 2.84. The van der Waals surface area contributed by atoms with Crippen LogP contribution in [0, 0.1) is 17.7 Å². The quantitative estimate of drug-likeness (QED) is 0.867. The van der Waals surface area contributed by atoms with Crippen molar-refractivity contribution in [3.8, 4) is 5.75 Å². The summed E-state index contributed by atoms with van der Waals surface area (Å²) in [4.78, 5) is 0. The summed E-state index contributed by atoms with van der Waals surface area (Å²) in [6.45, 7) is 6.53. The zero-order valence-electron chi connectivity index (χ0n) is 11.2. The number of halogens is 1. The van der Waals surface area contributed by atoms with E-state index in [9.17, 15) is 4.39 Å². The van der Waals surface area contributed by atoms with Gasteiger partial charge in [0.05, 0.1) is 0 Å². The van der Waals surface area contributed by atoms with Crippen LogP contribution in [0.3, 0.4) is 0 Å². The Hall–Kier alpha value is -1.09. The predicted molar refractivity (Wildman–Crippen MR) is 71.2 cm³/mol. The van der Waals surface area contributed by atoms with Gasteiger partial charge in [0.1, 0.15) is 17.7 Å². The Morgan fingerprint density at radius 2 is 2.06 bits per heavy atom. The van der Waals surface area contributed by atoms with Crippen LogP contribution < -0.4 is 10.1 Å². The van der Waals surface area contributed by atoms with Crippen molar-refractivity contribution in [2.45, 2.75) is 32.8 Å². The van der Waals surface area contributed by atoms with E-state index in [1.165, 1.54) is 18.6 Å². The van der Waals surface area contributed by atoms with Crippen LogP contribution in [0.15, 0.2) is 24.3 Å². The second-order valence-corrected chi connectivity index (χ2v) is 5.49. The Kier molecular flexibility index (Phi) is 4.59. The molecule has 1 aliphatic heterocycles. The molecule has 2 nitrogen and oxygen atoms in total. The Labute approximate surface area is 109 Å². The van der Waals surface area contributed by atoms with Gasteiger partial charge >= 0.3 is 0 Å². The van der Waals surface area contributed by atoms with E-state index in [-0.39, 0.29) is 11.9 Å². The van der Waals surface area contributed by atoms with Gasteiger partial charge in [0.15, 0.2) is 0 Å². The molecule has 0 aromatic heterocycles. The smallest absolute Gasteiger partial charge is 0.123 e. The van der Waals surface area contributed by atoms with Crippen molar-refractivity contribution < 1.29 is 9.13 Å². The van der Waals surface area contributed by atoms with Gasteiger partial charge < -0.3 is 10.1 Å². The lowest BCUT2D eigenvalue weighted by Crippen LogP contribution is -2.30. The standard InChI is InChI=1S/C15H22FNO/c1-11(2)9-15(12-7-8-17-10-12)18-14-5-3-13(16)4-6-14/h3-6,11-12,15,17H,7-10H2,1-2H3. The molecule has 1 N–H and O–H groups in total. The van der Waals surface area contributed by atoms with E-state index in [0.29, 0.717) is 11.8 Å². The van der Waals surface area contributed by atoms with Crippen LogP contribution in [0.2, 0.25) is 0 Å². The molecule has 0 bridgehead atoms. The van der Waals surface area contributed by atoms with Crippen LogP contribution >= 0.6 is 0 Å². The normalized spacial score (nSPS) is 21.2. The minimum atomic E-state index is -0.217. The Bertz CT molecular complexity index is 357. The molecule has 1 aromatic rings. The zero-order chi connectivity index (χ0) is 13.0. The van der Waals surface area contributed by atoms with E-state index in [1.54, 1.807) is 12.1 Å². The minimum absolute atomic E-state index is 0.217. The van der Waals surface area contributed by atoms with Gasteiger partial charge in [0.2, 0.25) is 0 Å². The van der Waals surface area contributed by atoms with Gasteiger partial charge in [-0.1, -0.05) is 13.8 Å². The molecule has 1 saturated heterocycles. The number of ether oxygens (including phenoxy) is 1. The molecule has 100 valence electrons. The lowest BCUT2D eigenvalue weighted by atomic mass is 9.93. The maximum atomic E-state index is 12.9. The fourth-order valence-electron chi connectivity index (χ4n) is 2.48. The highest BCUT2D eigenvalue weighted by Crippen LogP contribution is 2.24. The predicted octanol–water partition coefficient (Wildman–Crippen LogP) is 3.23. The van der Waals surface area contributed by atoms with Gasteiger partial charge in [-0.3, -0.25) is 0 Å². The van der Waals surface area contributed by atoms with E-state index in [2.05, 4.69) is 19.2 Å². The van der Waals surface area contributed by atoms with Crippen LogP contribution in [0.1, 0.15) is 26.7 Å². The first-order valence-electron chi connectivity index (χ1n) is 6.78. The summed E-state index contributed by atoms with van der Waals surface area (Å²) < 4.78 is 18.9. The van der Waals surface area contributed by atoms with Crippen molar-refractivity contribution in [1.82, 2.24) is 5.32 Å². The third kappa shape index (κ3) is 3.70. The molecule has 2 atom stereocenters. The number of hydrogen-bond donors (Lipinski definition) is 1. The van der Waals surface area contributed by atoms with Crippen LogP contribution in [0.25, 0.3) is 0 Å². The van der Waals surface area contributed by atoms with Gasteiger partial charge in [-0.15, -0.1) is 0 Å². The third-order valence-corrected chi connectivity index (χ3v) is 3.43. The van der Waals surface area contributed by atoms with Gasteiger partial charge in [-0.05, 0) is 49.6 Å². The molecule has 0 saturated carbocycles. The first kappa shape index (κ1) is 13.3. The molecule has 0 spiro atoms. The lowest BCUT2D eigenvalue weighted by molar-refractivity contribution is 0.119. The molecule has 0 aliphatic carbocycles. The number of hydrogen-bond acceptors (Lipinski definition) is 2. The van der Waals surface area contributed by atoms with Gasteiger partial charge in [0, 0.05) is 12.5 Å². The second-order valence-electron chi connectivity index (χ2n) is 5.49. The molecule has 2 unspecified atom stereocenters. The zero-order valence-corrected chi connectivity index (χ0v) is 11.2. The largest absolute Gasteiger partial charge is 0.490 e. The summed E-state index contributed by atoms with van der Waals surface area (Å²) >= 11 is 0. The summed E-state index contributed by atoms with van der Waals surface area (Å²) in [5.74, 6) is 1.73. The Morgan fingerprint density at radius 3 is 2.61 bits per heavy atom. The van der Waals surface area contributed by atoms with E-state index in [1.807, 2.05) is 0 Å². The van der Waals surface area contributed by atoms with E-state index in [0.717, 1.165) is 25.3 Å². The van der Waals surface area contributed by atoms with Crippen LogP contribution in [-0.4, -0.2) is 19.2 Å². The van der Waals surface area contributed by atoms with E-state index >= 15 is 0 Å².